The highest BCUT2D eigenvalue weighted by Crippen LogP contribution is 2.10. The smallest absolute Gasteiger partial charge is 0.352 e. The van der Waals surface area contributed by atoms with Crippen molar-refractivity contribution in [1.29, 1.82) is 0 Å². The molecule has 1 aliphatic heterocycles. The van der Waals surface area contributed by atoms with Gasteiger partial charge in [-0.25, -0.2) is 4.79 Å². The van der Waals surface area contributed by atoms with Gasteiger partial charge in [0.15, 0.2) is 0 Å². The monoisotopic (exact) mass is 266 g/mol. The minimum atomic E-state index is -1.01. The molecule has 104 valence electrons. The molecule has 1 aliphatic rings. The number of ether oxygens (including phenoxy) is 1. The fourth-order valence-electron chi connectivity index (χ4n) is 2.27. The molecule has 6 heteroatoms. The lowest BCUT2D eigenvalue weighted by Crippen LogP contribution is -2.40. The highest BCUT2D eigenvalue weighted by atomic mass is 16.5. The molecule has 19 heavy (non-hydrogen) atoms. The Morgan fingerprint density at radius 3 is 2.79 bits per heavy atom. The highest BCUT2D eigenvalue weighted by molar-refractivity contribution is 5.88. The molecular formula is C13H18N2O4. The lowest BCUT2D eigenvalue weighted by atomic mass is 10.1. The first-order valence-corrected chi connectivity index (χ1v) is 6.34. The summed E-state index contributed by atoms with van der Waals surface area (Å²) in [4.78, 5) is 23.0. The van der Waals surface area contributed by atoms with Crippen molar-refractivity contribution in [3.63, 3.8) is 0 Å². The van der Waals surface area contributed by atoms with E-state index >= 15 is 0 Å². The van der Waals surface area contributed by atoms with Crippen LogP contribution in [0.5, 0.6) is 0 Å². The summed E-state index contributed by atoms with van der Waals surface area (Å²) in [5.41, 5.74) is 0.827. The van der Waals surface area contributed by atoms with Crippen molar-refractivity contribution >= 4 is 11.9 Å². The van der Waals surface area contributed by atoms with E-state index < -0.39 is 5.97 Å². The zero-order chi connectivity index (χ0) is 13.8. The van der Waals surface area contributed by atoms with Crippen molar-refractivity contribution in [2.75, 3.05) is 13.2 Å². The predicted molar refractivity (Wildman–Crippen MR) is 68.1 cm³/mol. The predicted octanol–water partition coefficient (Wildman–Crippen LogP) is 0.790. The van der Waals surface area contributed by atoms with Crippen LogP contribution in [0.15, 0.2) is 12.3 Å². The van der Waals surface area contributed by atoms with Crippen molar-refractivity contribution in [2.24, 2.45) is 0 Å². The van der Waals surface area contributed by atoms with Gasteiger partial charge >= 0.3 is 5.97 Å². The molecule has 0 spiro atoms. The van der Waals surface area contributed by atoms with Gasteiger partial charge in [-0.15, -0.1) is 0 Å². The molecule has 2 heterocycles. The van der Waals surface area contributed by atoms with E-state index in [0.29, 0.717) is 18.8 Å². The molecule has 1 saturated heterocycles. The third kappa shape index (κ3) is 3.35. The quantitative estimate of drug-likeness (QED) is 0.844. The SMILES string of the molecule is Cc1ccn(CC(=O)NC2CCOCC2)c1C(=O)O. The van der Waals surface area contributed by atoms with Gasteiger partial charge in [0.05, 0.1) is 0 Å². The molecule has 0 radical (unpaired) electrons. The number of nitrogens with one attached hydrogen (secondary N) is 1. The Labute approximate surface area is 111 Å². The van der Waals surface area contributed by atoms with Gasteiger partial charge in [0.2, 0.25) is 5.91 Å². The fraction of sp³-hybridized carbons (Fsp3) is 0.538. The summed E-state index contributed by atoms with van der Waals surface area (Å²) in [7, 11) is 0. The maximum atomic E-state index is 11.9. The Morgan fingerprint density at radius 1 is 1.47 bits per heavy atom. The summed E-state index contributed by atoms with van der Waals surface area (Å²) in [6, 6.07) is 1.83. The summed E-state index contributed by atoms with van der Waals surface area (Å²) in [5, 5.41) is 12.0. The molecule has 0 aromatic carbocycles. The average molecular weight is 266 g/mol. The van der Waals surface area contributed by atoms with Crippen LogP contribution in [0.1, 0.15) is 28.9 Å². The van der Waals surface area contributed by atoms with Crippen molar-refractivity contribution in [1.82, 2.24) is 9.88 Å². The zero-order valence-corrected chi connectivity index (χ0v) is 10.9. The Bertz CT molecular complexity index is 475. The molecule has 2 N–H and O–H groups in total. The van der Waals surface area contributed by atoms with Crippen LogP contribution in [0.4, 0.5) is 0 Å². The second kappa shape index (κ2) is 5.88. The van der Waals surface area contributed by atoms with Crippen molar-refractivity contribution in [2.45, 2.75) is 32.4 Å². The second-order valence-electron chi connectivity index (χ2n) is 4.73. The number of rotatable bonds is 4. The van der Waals surface area contributed by atoms with E-state index in [-0.39, 0.29) is 24.2 Å². The lowest BCUT2D eigenvalue weighted by molar-refractivity contribution is -0.122. The number of hydrogen-bond acceptors (Lipinski definition) is 3. The molecular weight excluding hydrogens is 248 g/mol. The van der Waals surface area contributed by atoms with Crippen LogP contribution in [0.3, 0.4) is 0 Å². The summed E-state index contributed by atoms with van der Waals surface area (Å²) in [6.07, 6.45) is 3.24. The Morgan fingerprint density at radius 2 is 2.16 bits per heavy atom. The van der Waals surface area contributed by atoms with Crippen LogP contribution in [-0.2, 0) is 16.1 Å². The number of nitrogens with zero attached hydrogens (tertiary/aromatic N) is 1. The van der Waals surface area contributed by atoms with Gasteiger partial charge in [-0.3, -0.25) is 4.79 Å². The molecule has 1 aromatic rings. The van der Waals surface area contributed by atoms with E-state index in [4.69, 9.17) is 9.84 Å². The Balaban J connectivity index is 1.96. The number of carbonyl (C=O) groups is 2. The first kappa shape index (κ1) is 13.6. The summed E-state index contributed by atoms with van der Waals surface area (Å²) in [6.45, 7) is 3.07. The van der Waals surface area contributed by atoms with Crippen molar-refractivity contribution < 1.29 is 19.4 Å². The van der Waals surface area contributed by atoms with Crippen LogP contribution < -0.4 is 5.32 Å². The molecule has 0 atom stereocenters. The van der Waals surface area contributed by atoms with Gasteiger partial charge < -0.3 is 19.7 Å². The molecule has 2 rings (SSSR count). The molecule has 0 saturated carbocycles. The number of carbonyl (C=O) groups excluding carboxylic acids is 1. The maximum absolute atomic E-state index is 11.9. The molecule has 1 amide bonds. The number of aromatic nitrogens is 1. The van der Waals surface area contributed by atoms with E-state index in [1.807, 2.05) is 0 Å². The summed E-state index contributed by atoms with van der Waals surface area (Å²) >= 11 is 0. The number of carboxylic acids is 1. The highest BCUT2D eigenvalue weighted by Gasteiger charge is 2.18. The Hall–Kier alpha value is -1.82. The number of aryl methyl sites for hydroxylation is 1. The maximum Gasteiger partial charge on any atom is 0.352 e. The van der Waals surface area contributed by atoms with Crippen LogP contribution in [0.2, 0.25) is 0 Å². The standard InChI is InChI=1S/C13H18N2O4/c1-9-2-5-15(12(9)13(17)18)8-11(16)14-10-3-6-19-7-4-10/h2,5,10H,3-4,6-8H2,1H3,(H,14,16)(H,17,18). The largest absolute Gasteiger partial charge is 0.477 e. The van der Waals surface area contributed by atoms with E-state index in [1.54, 1.807) is 19.2 Å². The van der Waals surface area contributed by atoms with Crippen molar-refractivity contribution in [3.05, 3.63) is 23.5 Å². The molecule has 1 fully saturated rings. The first-order chi connectivity index (χ1) is 9.08. The topological polar surface area (TPSA) is 80.6 Å². The minimum absolute atomic E-state index is 0.0346. The third-order valence-corrected chi connectivity index (χ3v) is 3.27. The number of carboxylic acid groups (broad SMARTS) is 1. The van der Waals surface area contributed by atoms with Crippen LogP contribution in [0.25, 0.3) is 0 Å². The zero-order valence-electron chi connectivity index (χ0n) is 10.9. The third-order valence-electron chi connectivity index (χ3n) is 3.27. The van der Waals surface area contributed by atoms with Gasteiger partial charge in [0, 0.05) is 25.5 Å². The lowest BCUT2D eigenvalue weighted by Gasteiger charge is -2.23. The van der Waals surface area contributed by atoms with Crippen LogP contribution in [0, 0.1) is 6.92 Å². The van der Waals surface area contributed by atoms with Crippen molar-refractivity contribution in [3.8, 4) is 0 Å². The van der Waals surface area contributed by atoms with E-state index in [0.717, 1.165) is 12.8 Å². The Kier molecular flexibility index (Phi) is 4.21. The second-order valence-corrected chi connectivity index (χ2v) is 4.73. The first-order valence-electron chi connectivity index (χ1n) is 6.34. The van der Waals surface area contributed by atoms with Crippen LogP contribution in [-0.4, -0.2) is 40.8 Å². The molecule has 1 aromatic heterocycles. The molecule has 0 unspecified atom stereocenters. The van der Waals surface area contributed by atoms with Crippen LogP contribution >= 0.6 is 0 Å². The molecule has 6 nitrogen and oxygen atoms in total. The summed E-state index contributed by atoms with van der Waals surface area (Å²) in [5.74, 6) is -1.17. The normalized spacial score (nSPS) is 16.3. The number of aromatic carboxylic acids is 1. The molecule has 0 bridgehead atoms. The average Bonchev–Trinajstić information content (AvgIpc) is 2.71. The van der Waals surface area contributed by atoms with E-state index in [2.05, 4.69) is 5.32 Å². The minimum Gasteiger partial charge on any atom is -0.477 e. The number of hydrogen-bond donors (Lipinski definition) is 2. The van der Waals surface area contributed by atoms with E-state index in [1.165, 1.54) is 4.57 Å². The van der Waals surface area contributed by atoms with Gasteiger partial charge in [-0.1, -0.05) is 0 Å². The van der Waals surface area contributed by atoms with Gasteiger partial charge in [-0.2, -0.15) is 0 Å². The van der Waals surface area contributed by atoms with Gasteiger partial charge in [0.1, 0.15) is 12.2 Å². The summed E-state index contributed by atoms with van der Waals surface area (Å²) < 4.78 is 6.68. The fourth-order valence-corrected chi connectivity index (χ4v) is 2.27. The van der Waals surface area contributed by atoms with E-state index in [9.17, 15) is 9.59 Å². The molecule has 0 aliphatic carbocycles. The number of amides is 1. The van der Waals surface area contributed by atoms with Gasteiger partial charge in [0.25, 0.3) is 0 Å². The van der Waals surface area contributed by atoms with Gasteiger partial charge in [-0.05, 0) is 31.4 Å².